The van der Waals surface area contributed by atoms with Gasteiger partial charge in [-0.3, -0.25) is 9.59 Å². The van der Waals surface area contributed by atoms with Crippen molar-refractivity contribution in [3.63, 3.8) is 0 Å². The van der Waals surface area contributed by atoms with Gasteiger partial charge in [0.2, 0.25) is 0 Å². The zero-order chi connectivity index (χ0) is 13.1. The van der Waals surface area contributed by atoms with Gasteiger partial charge < -0.3 is 5.32 Å². The first-order valence-electron chi connectivity index (χ1n) is 5.91. The van der Waals surface area contributed by atoms with Crippen LogP contribution >= 0.6 is 0 Å². The van der Waals surface area contributed by atoms with Crippen LogP contribution in [0, 0.1) is 0 Å². The number of benzene rings is 1. The van der Waals surface area contributed by atoms with E-state index in [0.29, 0.717) is 10.8 Å². The number of nitrogens with one attached hydrogen (secondary N) is 2. The third kappa shape index (κ3) is 2.25. The van der Waals surface area contributed by atoms with E-state index in [0.717, 1.165) is 6.42 Å². The monoisotopic (exact) mass is 245 g/mol. The van der Waals surface area contributed by atoms with Gasteiger partial charge in [-0.1, -0.05) is 25.1 Å². The average Bonchev–Trinajstić information content (AvgIpc) is 2.39. The van der Waals surface area contributed by atoms with Gasteiger partial charge in [0.1, 0.15) is 0 Å². The molecule has 0 unspecified atom stereocenters. The zero-order valence-electron chi connectivity index (χ0n) is 10.4. The van der Waals surface area contributed by atoms with E-state index in [4.69, 9.17) is 0 Å². The van der Waals surface area contributed by atoms with Crippen LogP contribution in [0.3, 0.4) is 0 Å². The lowest BCUT2D eigenvalue weighted by Crippen LogP contribution is -2.33. The molecule has 5 heteroatoms. The molecular formula is C13H15N3O2. The topological polar surface area (TPSA) is 74.8 Å². The first-order valence-corrected chi connectivity index (χ1v) is 5.91. The lowest BCUT2D eigenvalue weighted by molar-refractivity contribution is 0.0935. The molecule has 1 aromatic carbocycles. The first-order chi connectivity index (χ1) is 8.63. The van der Waals surface area contributed by atoms with Crippen LogP contribution < -0.4 is 10.9 Å². The molecule has 1 amide bonds. The number of H-pyrrole nitrogens is 1. The van der Waals surface area contributed by atoms with Crippen LogP contribution in [0.25, 0.3) is 10.8 Å². The Morgan fingerprint density at radius 3 is 2.72 bits per heavy atom. The Morgan fingerprint density at radius 1 is 1.39 bits per heavy atom. The maximum Gasteiger partial charge on any atom is 0.272 e. The summed E-state index contributed by atoms with van der Waals surface area (Å²) in [4.78, 5) is 23.6. The number of nitrogens with zero attached hydrogens (tertiary/aromatic N) is 1. The van der Waals surface area contributed by atoms with Gasteiger partial charge in [-0.2, -0.15) is 5.10 Å². The lowest BCUT2D eigenvalue weighted by Gasteiger charge is -2.11. The number of aromatic amines is 1. The molecule has 2 rings (SSSR count). The minimum absolute atomic E-state index is 0.0741. The molecular weight excluding hydrogens is 230 g/mol. The Bertz CT molecular complexity index is 633. The van der Waals surface area contributed by atoms with Gasteiger partial charge in [-0.05, 0) is 19.4 Å². The molecule has 0 spiro atoms. The molecule has 1 heterocycles. The predicted octanol–water partition coefficient (Wildman–Crippen LogP) is 1.45. The summed E-state index contributed by atoms with van der Waals surface area (Å²) in [6, 6.07) is 7.01. The van der Waals surface area contributed by atoms with Gasteiger partial charge in [0.05, 0.1) is 5.39 Å². The molecule has 0 saturated heterocycles. The molecule has 94 valence electrons. The number of aromatic nitrogens is 2. The normalized spacial score (nSPS) is 12.3. The number of fused-ring (bicyclic) bond motifs is 1. The number of carbonyl (C=O) groups is 1. The maximum absolute atomic E-state index is 12.0. The molecule has 0 aliphatic carbocycles. The largest absolute Gasteiger partial charge is 0.348 e. The minimum atomic E-state index is -0.286. The molecule has 2 aromatic rings. The highest BCUT2D eigenvalue weighted by Crippen LogP contribution is 2.12. The van der Waals surface area contributed by atoms with Crippen molar-refractivity contribution in [3.05, 3.63) is 40.3 Å². The van der Waals surface area contributed by atoms with E-state index in [1.165, 1.54) is 0 Å². The summed E-state index contributed by atoms with van der Waals surface area (Å²) in [6.45, 7) is 3.91. The maximum atomic E-state index is 12.0. The average molecular weight is 245 g/mol. The van der Waals surface area contributed by atoms with Crippen molar-refractivity contribution in [2.45, 2.75) is 26.3 Å². The van der Waals surface area contributed by atoms with E-state index in [1.54, 1.807) is 24.3 Å². The number of hydrogen-bond acceptors (Lipinski definition) is 3. The lowest BCUT2D eigenvalue weighted by atomic mass is 10.1. The Balaban J connectivity index is 2.49. The van der Waals surface area contributed by atoms with Crippen molar-refractivity contribution in [3.8, 4) is 0 Å². The second-order valence-electron chi connectivity index (χ2n) is 4.23. The molecule has 0 bridgehead atoms. The SMILES string of the molecule is CC[C@H](C)NC(=O)c1n[nH]c(=O)c2ccccc12. The van der Waals surface area contributed by atoms with Crippen LogP contribution in [0.5, 0.6) is 0 Å². The summed E-state index contributed by atoms with van der Waals surface area (Å²) in [6.07, 6.45) is 0.840. The summed E-state index contributed by atoms with van der Waals surface area (Å²) in [5.41, 5.74) is -0.0313. The van der Waals surface area contributed by atoms with Gasteiger partial charge in [0.25, 0.3) is 11.5 Å². The molecule has 5 nitrogen and oxygen atoms in total. The van der Waals surface area contributed by atoms with Gasteiger partial charge >= 0.3 is 0 Å². The summed E-state index contributed by atoms with van der Waals surface area (Å²) >= 11 is 0. The fourth-order valence-electron chi connectivity index (χ4n) is 1.68. The molecule has 1 aromatic heterocycles. The van der Waals surface area contributed by atoms with E-state index in [9.17, 15) is 9.59 Å². The Kier molecular flexibility index (Phi) is 3.41. The quantitative estimate of drug-likeness (QED) is 0.859. The van der Waals surface area contributed by atoms with E-state index in [2.05, 4.69) is 15.5 Å². The fraction of sp³-hybridized carbons (Fsp3) is 0.308. The van der Waals surface area contributed by atoms with E-state index in [1.807, 2.05) is 13.8 Å². The van der Waals surface area contributed by atoms with Crippen molar-refractivity contribution >= 4 is 16.7 Å². The highest BCUT2D eigenvalue weighted by atomic mass is 16.2. The van der Waals surface area contributed by atoms with Crippen molar-refractivity contribution in [1.29, 1.82) is 0 Å². The highest BCUT2D eigenvalue weighted by Gasteiger charge is 2.14. The van der Waals surface area contributed by atoms with Crippen LogP contribution in [0.4, 0.5) is 0 Å². The third-order valence-corrected chi connectivity index (χ3v) is 2.90. The fourth-order valence-corrected chi connectivity index (χ4v) is 1.68. The van der Waals surface area contributed by atoms with E-state index < -0.39 is 0 Å². The van der Waals surface area contributed by atoms with Crippen LogP contribution in [0.1, 0.15) is 30.8 Å². The number of amides is 1. The molecule has 1 atom stereocenters. The molecule has 2 N–H and O–H groups in total. The predicted molar refractivity (Wildman–Crippen MR) is 69.6 cm³/mol. The van der Waals surface area contributed by atoms with Crippen molar-refractivity contribution in [2.75, 3.05) is 0 Å². The van der Waals surface area contributed by atoms with Crippen LogP contribution in [0.15, 0.2) is 29.1 Å². The van der Waals surface area contributed by atoms with Crippen molar-refractivity contribution in [2.24, 2.45) is 0 Å². The number of hydrogen-bond donors (Lipinski definition) is 2. The molecule has 0 saturated carbocycles. The van der Waals surface area contributed by atoms with Gasteiger partial charge in [0.15, 0.2) is 5.69 Å². The summed E-state index contributed by atoms with van der Waals surface area (Å²) in [7, 11) is 0. The van der Waals surface area contributed by atoms with Crippen LogP contribution in [-0.2, 0) is 0 Å². The number of rotatable bonds is 3. The summed E-state index contributed by atoms with van der Waals surface area (Å²) in [5.74, 6) is -0.267. The van der Waals surface area contributed by atoms with Crippen molar-refractivity contribution < 1.29 is 4.79 Å². The number of carbonyl (C=O) groups excluding carboxylic acids is 1. The smallest absolute Gasteiger partial charge is 0.272 e. The standard InChI is InChI=1S/C13H15N3O2/c1-3-8(2)14-13(18)11-9-6-4-5-7-10(9)12(17)16-15-11/h4-8H,3H2,1-2H3,(H,14,18)(H,16,17)/t8-/m0/s1. The minimum Gasteiger partial charge on any atom is -0.348 e. The summed E-state index contributed by atoms with van der Waals surface area (Å²) < 4.78 is 0. The Labute approximate surface area is 104 Å². The van der Waals surface area contributed by atoms with Gasteiger partial charge in [-0.15, -0.1) is 0 Å². The second kappa shape index (κ2) is 5.00. The van der Waals surface area contributed by atoms with E-state index in [-0.39, 0.29) is 23.2 Å². The van der Waals surface area contributed by atoms with Gasteiger partial charge in [-0.25, -0.2) is 5.10 Å². The first kappa shape index (κ1) is 12.3. The van der Waals surface area contributed by atoms with Crippen LogP contribution in [0.2, 0.25) is 0 Å². The second-order valence-corrected chi connectivity index (χ2v) is 4.23. The van der Waals surface area contributed by atoms with E-state index >= 15 is 0 Å². The zero-order valence-corrected chi connectivity index (χ0v) is 10.4. The molecule has 18 heavy (non-hydrogen) atoms. The molecule has 0 fully saturated rings. The molecule has 0 aliphatic rings. The van der Waals surface area contributed by atoms with Crippen molar-refractivity contribution in [1.82, 2.24) is 15.5 Å². The third-order valence-electron chi connectivity index (χ3n) is 2.90. The Hall–Kier alpha value is -2.17. The Morgan fingerprint density at radius 2 is 2.06 bits per heavy atom. The van der Waals surface area contributed by atoms with Gasteiger partial charge in [0, 0.05) is 11.4 Å². The molecule has 0 radical (unpaired) electrons. The van der Waals surface area contributed by atoms with Crippen LogP contribution in [-0.4, -0.2) is 22.1 Å². The highest BCUT2D eigenvalue weighted by molar-refractivity contribution is 6.04. The summed E-state index contributed by atoms with van der Waals surface area (Å²) in [5, 5.41) is 10.1. The molecule has 0 aliphatic heterocycles.